The fourth-order valence-electron chi connectivity index (χ4n) is 2.58. The van der Waals surface area contributed by atoms with Crippen LogP contribution < -0.4 is 5.32 Å². The second-order valence-electron chi connectivity index (χ2n) is 4.23. The molecule has 1 heterocycles. The minimum Gasteiger partial charge on any atom is -0.508 e. The predicted molar refractivity (Wildman–Crippen MR) is 50.8 cm³/mol. The summed E-state index contributed by atoms with van der Waals surface area (Å²) in [6.45, 7) is 2.28. The molecule has 2 atom stereocenters. The third-order valence-electron chi connectivity index (χ3n) is 3.51. The molecule has 2 fully saturated rings. The second-order valence-corrected chi connectivity index (χ2v) is 4.23. The van der Waals surface area contributed by atoms with E-state index in [1.165, 1.54) is 18.5 Å². The summed E-state index contributed by atoms with van der Waals surface area (Å²) in [6, 6.07) is 7.69. The summed E-state index contributed by atoms with van der Waals surface area (Å²) < 4.78 is 0. The number of rotatable bonds is 1. The SMILES string of the molecule is Oc1ccc(C23CNCC2C3)cc1. The van der Waals surface area contributed by atoms with Gasteiger partial charge in [-0.3, -0.25) is 0 Å². The van der Waals surface area contributed by atoms with Gasteiger partial charge in [0.05, 0.1) is 0 Å². The number of piperidine rings is 1. The zero-order valence-corrected chi connectivity index (χ0v) is 7.46. The van der Waals surface area contributed by atoms with E-state index in [2.05, 4.69) is 17.4 Å². The second kappa shape index (κ2) is 2.26. The van der Waals surface area contributed by atoms with E-state index in [0.717, 1.165) is 12.5 Å². The molecule has 68 valence electrons. The van der Waals surface area contributed by atoms with E-state index in [0.29, 0.717) is 11.2 Å². The van der Waals surface area contributed by atoms with Crippen LogP contribution in [0.2, 0.25) is 0 Å². The number of benzene rings is 1. The molecule has 1 saturated heterocycles. The highest BCUT2D eigenvalue weighted by Crippen LogP contribution is 2.56. The van der Waals surface area contributed by atoms with Gasteiger partial charge >= 0.3 is 0 Å². The molecule has 3 rings (SSSR count). The van der Waals surface area contributed by atoms with Crippen molar-refractivity contribution >= 4 is 0 Å². The highest BCUT2D eigenvalue weighted by atomic mass is 16.3. The monoisotopic (exact) mass is 175 g/mol. The van der Waals surface area contributed by atoms with Gasteiger partial charge in [-0.1, -0.05) is 12.1 Å². The molecule has 2 N–H and O–H groups in total. The van der Waals surface area contributed by atoms with Gasteiger partial charge < -0.3 is 10.4 Å². The lowest BCUT2D eigenvalue weighted by molar-refractivity contribution is 0.474. The number of hydrogen-bond acceptors (Lipinski definition) is 2. The average molecular weight is 175 g/mol. The van der Waals surface area contributed by atoms with Crippen molar-refractivity contribution in [3.05, 3.63) is 29.8 Å². The van der Waals surface area contributed by atoms with Gasteiger partial charge in [0, 0.05) is 12.0 Å². The van der Waals surface area contributed by atoms with Gasteiger partial charge in [-0.25, -0.2) is 0 Å². The molecule has 1 aliphatic carbocycles. The van der Waals surface area contributed by atoms with Crippen molar-refractivity contribution in [1.82, 2.24) is 5.32 Å². The molecule has 2 nitrogen and oxygen atoms in total. The van der Waals surface area contributed by atoms with Gasteiger partial charge in [0.1, 0.15) is 5.75 Å². The molecule has 0 bridgehead atoms. The zero-order valence-electron chi connectivity index (χ0n) is 7.46. The molecule has 0 spiro atoms. The molecular formula is C11H13NO. The third-order valence-corrected chi connectivity index (χ3v) is 3.51. The maximum absolute atomic E-state index is 9.18. The van der Waals surface area contributed by atoms with Crippen LogP contribution in [-0.4, -0.2) is 18.2 Å². The fourth-order valence-corrected chi connectivity index (χ4v) is 2.58. The molecule has 13 heavy (non-hydrogen) atoms. The molecule has 2 unspecified atom stereocenters. The van der Waals surface area contributed by atoms with E-state index in [1.807, 2.05) is 0 Å². The van der Waals surface area contributed by atoms with Crippen LogP contribution in [0.25, 0.3) is 0 Å². The summed E-state index contributed by atoms with van der Waals surface area (Å²) >= 11 is 0. The Morgan fingerprint density at radius 2 is 2.08 bits per heavy atom. The average Bonchev–Trinajstić information content (AvgIpc) is 2.71. The minimum atomic E-state index is 0.364. The van der Waals surface area contributed by atoms with E-state index in [4.69, 9.17) is 0 Å². The molecular weight excluding hydrogens is 162 g/mol. The maximum Gasteiger partial charge on any atom is 0.115 e. The summed E-state index contributed by atoms with van der Waals surface area (Å²) in [5.74, 6) is 1.21. The molecule has 1 saturated carbocycles. The number of fused-ring (bicyclic) bond motifs is 1. The summed E-state index contributed by atoms with van der Waals surface area (Å²) in [6.07, 6.45) is 1.32. The Morgan fingerprint density at radius 1 is 1.31 bits per heavy atom. The van der Waals surface area contributed by atoms with Crippen LogP contribution in [0.15, 0.2) is 24.3 Å². The maximum atomic E-state index is 9.18. The summed E-state index contributed by atoms with van der Waals surface area (Å²) in [5, 5.41) is 12.6. The third kappa shape index (κ3) is 0.923. The van der Waals surface area contributed by atoms with Gasteiger partial charge in [0.15, 0.2) is 0 Å². The van der Waals surface area contributed by atoms with Gasteiger partial charge in [-0.05, 0) is 36.6 Å². The first-order chi connectivity index (χ1) is 6.31. The molecule has 0 amide bonds. The normalized spacial score (nSPS) is 35.8. The molecule has 0 radical (unpaired) electrons. The number of hydrogen-bond donors (Lipinski definition) is 2. The minimum absolute atomic E-state index is 0.364. The molecule has 2 heteroatoms. The van der Waals surface area contributed by atoms with E-state index >= 15 is 0 Å². The van der Waals surface area contributed by atoms with Gasteiger partial charge in [0.25, 0.3) is 0 Å². The standard InChI is InChI=1S/C11H13NO/c13-10-3-1-8(2-4-10)11-5-9(11)6-12-7-11/h1-4,9,12-13H,5-7H2. The molecule has 2 aliphatic rings. The van der Waals surface area contributed by atoms with Crippen LogP contribution in [0.5, 0.6) is 5.75 Å². The van der Waals surface area contributed by atoms with Gasteiger partial charge in [0.2, 0.25) is 0 Å². The predicted octanol–water partition coefficient (Wildman–Crippen LogP) is 1.25. The topological polar surface area (TPSA) is 32.3 Å². The van der Waals surface area contributed by atoms with Crippen LogP contribution in [0.3, 0.4) is 0 Å². The summed E-state index contributed by atoms with van der Waals surface area (Å²) in [5.41, 5.74) is 1.81. The number of nitrogens with one attached hydrogen (secondary N) is 1. The van der Waals surface area contributed by atoms with Crippen molar-refractivity contribution in [2.24, 2.45) is 5.92 Å². The largest absolute Gasteiger partial charge is 0.508 e. The first kappa shape index (κ1) is 7.39. The van der Waals surface area contributed by atoms with E-state index < -0.39 is 0 Å². The van der Waals surface area contributed by atoms with Crippen LogP contribution in [0, 0.1) is 5.92 Å². The van der Waals surface area contributed by atoms with Crippen molar-refractivity contribution in [3.8, 4) is 5.75 Å². The Kier molecular flexibility index (Phi) is 1.29. The van der Waals surface area contributed by atoms with Crippen LogP contribution in [0.1, 0.15) is 12.0 Å². The van der Waals surface area contributed by atoms with Crippen molar-refractivity contribution in [1.29, 1.82) is 0 Å². The molecule has 0 aromatic heterocycles. The highest BCUT2D eigenvalue weighted by Gasteiger charge is 2.57. The van der Waals surface area contributed by atoms with E-state index in [9.17, 15) is 5.11 Å². The Bertz CT molecular complexity index is 332. The van der Waals surface area contributed by atoms with Crippen LogP contribution in [0.4, 0.5) is 0 Å². The fraction of sp³-hybridized carbons (Fsp3) is 0.455. The Balaban J connectivity index is 1.97. The van der Waals surface area contributed by atoms with Crippen molar-refractivity contribution in [2.75, 3.05) is 13.1 Å². The Morgan fingerprint density at radius 3 is 2.62 bits per heavy atom. The lowest BCUT2D eigenvalue weighted by Gasteiger charge is -2.11. The van der Waals surface area contributed by atoms with Crippen molar-refractivity contribution < 1.29 is 5.11 Å². The molecule has 1 aromatic carbocycles. The first-order valence-corrected chi connectivity index (χ1v) is 4.81. The van der Waals surface area contributed by atoms with Gasteiger partial charge in [-0.2, -0.15) is 0 Å². The quantitative estimate of drug-likeness (QED) is 0.673. The van der Waals surface area contributed by atoms with E-state index in [1.54, 1.807) is 12.1 Å². The molecule has 1 aliphatic heterocycles. The zero-order chi connectivity index (χ0) is 8.89. The summed E-state index contributed by atoms with van der Waals surface area (Å²) in [7, 11) is 0. The number of aromatic hydroxyl groups is 1. The highest BCUT2D eigenvalue weighted by molar-refractivity contribution is 5.39. The number of phenolic OH excluding ortho intramolecular Hbond substituents is 1. The van der Waals surface area contributed by atoms with Crippen LogP contribution in [-0.2, 0) is 5.41 Å². The smallest absolute Gasteiger partial charge is 0.115 e. The lowest BCUT2D eigenvalue weighted by Crippen LogP contribution is -2.18. The van der Waals surface area contributed by atoms with Gasteiger partial charge in [-0.15, -0.1) is 0 Å². The number of phenols is 1. The summed E-state index contributed by atoms with van der Waals surface area (Å²) in [4.78, 5) is 0. The lowest BCUT2D eigenvalue weighted by atomic mass is 9.95. The Labute approximate surface area is 77.6 Å². The molecule has 1 aromatic rings. The van der Waals surface area contributed by atoms with Crippen molar-refractivity contribution in [2.45, 2.75) is 11.8 Å². The Hall–Kier alpha value is -1.02. The van der Waals surface area contributed by atoms with Crippen LogP contribution >= 0.6 is 0 Å². The van der Waals surface area contributed by atoms with Crippen molar-refractivity contribution in [3.63, 3.8) is 0 Å². The van der Waals surface area contributed by atoms with E-state index in [-0.39, 0.29) is 0 Å². The first-order valence-electron chi connectivity index (χ1n) is 4.81.